The molecule has 1 fully saturated rings. The second-order valence-electron chi connectivity index (χ2n) is 6.94. The lowest BCUT2D eigenvalue weighted by Crippen LogP contribution is -2.35. The Labute approximate surface area is 158 Å². The molecule has 2 atom stereocenters. The summed E-state index contributed by atoms with van der Waals surface area (Å²) in [5.41, 5.74) is 2.77. The third-order valence-electron chi connectivity index (χ3n) is 4.98. The quantitative estimate of drug-likeness (QED) is 0.717. The summed E-state index contributed by atoms with van der Waals surface area (Å²) < 4.78 is 5.91. The Hall–Kier alpha value is -1.51. The lowest BCUT2D eigenvalue weighted by molar-refractivity contribution is 0.268. The Morgan fingerprint density at radius 2 is 1.80 bits per heavy atom. The number of rotatable bonds is 7. The first-order valence-electron chi connectivity index (χ1n) is 9.31. The number of piperidine rings is 1. The fourth-order valence-corrected chi connectivity index (χ4v) is 3.46. The molecule has 0 aromatic heterocycles. The summed E-state index contributed by atoms with van der Waals surface area (Å²) in [6, 6.07) is 20.0. The van der Waals surface area contributed by atoms with Crippen molar-refractivity contribution < 1.29 is 4.74 Å². The van der Waals surface area contributed by atoms with Gasteiger partial charge in [-0.3, -0.25) is 0 Å². The van der Waals surface area contributed by atoms with Gasteiger partial charge in [0.1, 0.15) is 5.75 Å². The van der Waals surface area contributed by atoms with Gasteiger partial charge in [0.15, 0.2) is 0 Å². The smallest absolute Gasteiger partial charge is 0.119 e. The lowest BCUT2D eigenvalue weighted by atomic mass is 9.94. The first-order chi connectivity index (χ1) is 11.8. The van der Waals surface area contributed by atoms with Crippen molar-refractivity contribution in [2.45, 2.75) is 51.0 Å². The molecule has 0 saturated carbocycles. The van der Waals surface area contributed by atoms with Gasteiger partial charge in [-0.1, -0.05) is 55.8 Å². The van der Waals surface area contributed by atoms with Gasteiger partial charge in [0, 0.05) is 6.04 Å². The van der Waals surface area contributed by atoms with Crippen molar-refractivity contribution in [2.75, 3.05) is 13.2 Å². The molecule has 0 aliphatic carbocycles. The average Bonchev–Trinajstić information content (AvgIpc) is 2.65. The summed E-state index contributed by atoms with van der Waals surface area (Å²) in [4.78, 5) is 0. The van der Waals surface area contributed by atoms with Crippen LogP contribution in [0.25, 0.3) is 0 Å². The van der Waals surface area contributed by atoms with Crippen LogP contribution in [0, 0.1) is 0 Å². The van der Waals surface area contributed by atoms with E-state index in [0.717, 1.165) is 25.2 Å². The molecule has 0 radical (unpaired) electrons. The van der Waals surface area contributed by atoms with Crippen molar-refractivity contribution in [1.29, 1.82) is 0 Å². The van der Waals surface area contributed by atoms with Gasteiger partial charge in [-0.25, -0.2) is 0 Å². The van der Waals surface area contributed by atoms with Gasteiger partial charge >= 0.3 is 0 Å². The van der Waals surface area contributed by atoms with Gasteiger partial charge in [-0.2, -0.15) is 0 Å². The number of halogens is 1. The molecule has 25 heavy (non-hydrogen) atoms. The Bertz CT molecular complexity index is 593. The van der Waals surface area contributed by atoms with Gasteiger partial charge in [0.05, 0.1) is 6.61 Å². The molecule has 2 nitrogen and oxygen atoms in total. The fraction of sp³-hybridized carbons (Fsp3) is 0.455. The van der Waals surface area contributed by atoms with Gasteiger partial charge in [-0.05, 0) is 61.4 Å². The minimum Gasteiger partial charge on any atom is -0.494 e. The molecule has 1 heterocycles. The molecule has 2 unspecified atom stereocenters. The van der Waals surface area contributed by atoms with E-state index in [-0.39, 0.29) is 12.4 Å². The van der Waals surface area contributed by atoms with Crippen LogP contribution < -0.4 is 10.1 Å². The van der Waals surface area contributed by atoms with Crippen LogP contribution in [0.5, 0.6) is 5.75 Å². The number of benzene rings is 2. The molecular formula is C22H30ClNO. The third kappa shape index (κ3) is 6.37. The van der Waals surface area contributed by atoms with E-state index in [1.54, 1.807) is 0 Å². The molecule has 1 aliphatic rings. The van der Waals surface area contributed by atoms with E-state index in [1.807, 2.05) is 0 Å². The number of hydrogen-bond donors (Lipinski definition) is 1. The van der Waals surface area contributed by atoms with Crippen LogP contribution in [-0.4, -0.2) is 19.2 Å². The number of ether oxygens (including phenoxy) is 1. The van der Waals surface area contributed by atoms with Crippen molar-refractivity contribution in [3.05, 3.63) is 65.7 Å². The summed E-state index contributed by atoms with van der Waals surface area (Å²) in [5.74, 6) is 1.53. The highest BCUT2D eigenvalue weighted by Crippen LogP contribution is 2.22. The van der Waals surface area contributed by atoms with Crippen LogP contribution in [0.1, 0.15) is 49.7 Å². The van der Waals surface area contributed by atoms with Crippen molar-refractivity contribution in [3.63, 3.8) is 0 Å². The maximum absolute atomic E-state index is 5.91. The van der Waals surface area contributed by atoms with E-state index in [9.17, 15) is 0 Å². The standard InChI is InChI=1S/C22H29NO.ClH/c1-18(20-7-3-2-4-8-20)17-19-10-12-22(13-11-19)24-16-14-21-9-5-6-15-23-21;/h2-4,7-8,10-13,18,21,23H,5-6,9,14-17H2,1H3;1H. The summed E-state index contributed by atoms with van der Waals surface area (Å²) in [6.45, 7) is 4.26. The van der Waals surface area contributed by atoms with Crippen molar-refractivity contribution in [3.8, 4) is 5.75 Å². The lowest BCUT2D eigenvalue weighted by Gasteiger charge is -2.23. The first kappa shape index (κ1) is 19.8. The monoisotopic (exact) mass is 359 g/mol. The molecule has 136 valence electrons. The first-order valence-corrected chi connectivity index (χ1v) is 9.31. The maximum atomic E-state index is 5.91. The van der Waals surface area contributed by atoms with Crippen molar-refractivity contribution >= 4 is 12.4 Å². The SMILES string of the molecule is CC(Cc1ccc(OCCC2CCCCN2)cc1)c1ccccc1.Cl. The minimum atomic E-state index is 0. The average molecular weight is 360 g/mol. The van der Waals surface area contributed by atoms with Crippen LogP contribution in [0.2, 0.25) is 0 Å². The zero-order chi connectivity index (χ0) is 16.6. The zero-order valence-electron chi connectivity index (χ0n) is 15.1. The zero-order valence-corrected chi connectivity index (χ0v) is 15.9. The van der Waals surface area contributed by atoms with E-state index in [0.29, 0.717) is 12.0 Å². The van der Waals surface area contributed by atoms with E-state index >= 15 is 0 Å². The number of hydrogen-bond acceptors (Lipinski definition) is 2. The highest BCUT2D eigenvalue weighted by Gasteiger charge is 2.12. The topological polar surface area (TPSA) is 21.3 Å². The molecule has 0 amide bonds. The Balaban J connectivity index is 0.00000225. The molecule has 1 aliphatic heterocycles. The molecule has 1 saturated heterocycles. The van der Waals surface area contributed by atoms with E-state index in [1.165, 1.54) is 36.9 Å². The van der Waals surface area contributed by atoms with Crippen LogP contribution in [-0.2, 0) is 6.42 Å². The largest absolute Gasteiger partial charge is 0.494 e. The predicted molar refractivity (Wildman–Crippen MR) is 108 cm³/mol. The Kier molecular flexibility index (Phi) is 8.30. The third-order valence-corrected chi connectivity index (χ3v) is 4.98. The van der Waals surface area contributed by atoms with E-state index < -0.39 is 0 Å². The Morgan fingerprint density at radius 1 is 1.04 bits per heavy atom. The minimum absolute atomic E-state index is 0. The van der Waals surface area contributed by atoms with Gasteiger partial charge in [-0.15, -0.1) is 12.4 Å². The molecule has 2 aromatic carbocycles. The van der Waals surface area contributed by atoms with E-state index in [2.05, 4.69) is 66.8 Å². The highest BCUT2D eigenvalue weighted by atomic mass is 35.5. The van der Waals surface area contributed by atoms with Crippen molar-refractivity contribution in [2.24, 2.45) is 0 Å². The molecule has 0 spiro atoms. The molecule has 3 rings (SSSR count). The van der Waals surface area contributed by atoms with Crippen LogP contribution in [0.4, 0.5) is 0 Å². The van der Waals surface area contributed by atoms with Gasteiger partial charge < -0.3 is 10.1 Å². The Morgan fingerprint density at radius 3 is 2.48 bits per heavy atom. The molecule has 1 N–H and O–H groups in total. The second kappa shape index (κ2) is 10.5. The fourth-order valence-electron chi connectivity index (χ4n) is 3.46. The summed E-state index contributed by atoms with van der Waals surface area (Å²) in [5, 5.41) is 3.57. The molecule has 3 heteroatoms. The molecule has 0 bridgehead atoms. The van der Waals surface area contributed by atoms with Crippen LogP contribution in [0.3, 0.4) is 0 Å². The summed E-state index contributed by atoms with van der Waals surface area (Å²) >= 11 is 0. The van der Waals surface area contributed by atoms with Crippen molar-refractivity contribution in [1.82, 2.24) is 5.32 Å². The van der Waals surface area contributed by atoms with Crippen LogP contribution in [0.15, 0.2) is 54.6 Å². The van der Waals surface area contributed by atoms with Gasteiger partial charge in [0.25, 0.3) is 0 Å². The maximum Gasteiger partial charge on any atom is 0.119 e. The summed E-state index contributed by atoms with van der Waals surface area (Å²) in [6.07, 6.45) is 6.13. The highest BCUT2D eigenvalue weighted by molar-refractivity contribution is 5.85. The molecule has 2 aromatic rings. The van der Waals surface area contributed by atoms with Gasteiger partial charge in [0.2, 0.25) is 0 Å². The molecular weight excluding hydrogens is 330 g/mol. The number of nitrogens with one attached hydrogen (secondary N) is 1. The normalized spacial score (nSPS) is 18.2. The van der Waals surface area contributed by atoms with Crippen LogP contribution >= 0.6 is 12.4 Å². The summed E-state index contributed by atoms with van der Waals surface area (Å²) in [7, 11) is 0. The predicted octanol–water partition coefficient (Wildman–Crippen LogP) is 5.37. The second-order valence-corrected chi connectivity index (χ2v) is 6.94. The van der Waals surface area contributed by atoms with E-state index in [4.69, 9.17) is 4.74 Å².